The molecule has 0 unspecified atom stereocenters. The van der Waals surface area contributed by atoms with Gasteiger partial charge in [-0.25, -0.2) is 4.39 Å². The van der Waals surface area contributed by atoms with Crippen LogP contribution in [-0.4, -0.2) is 15.7 Å². The summed E-state index contributed by atoms with van der Waals surface area (Å²) in [5.74, 6) is 0.747. The molecule has 1 aromatic carbocycles. The molecule has 2 N–H and O–H groups in total. The lowest BCUT2D eigenvalue weighted by Gasteiger charge is -2.20. The molecule has 0 amide bonds. The maximum Gasteiger partial charge on any atom is 0.228 e. The molecule has 1 aliphatic carbocycles. The summed E-state index contributed by atoms with van der Waals surface area (Å²) in [7, 11) is 0. The molecular formula is C15H17ClFN3O. The largest absolute Gasteiger partial charge is 0.339 e. The van der Waals surface area contributed by atoms with Gasteiger partial charge in [-0.2, -0.15) is 4.98 Å². The Morgan fingerprint density at radius 1 is 1.33 bits per heavy atom. The quantitative estimate of drug-likeness (QED) is 0.941. The molecule has 21 heavy (non-hydrogen) atoms. The maximum atomic E-state index is 13.0. The number of nitrogens with zero attached hydrogens (tertiary/aromatic N) is 2. The number of aromatic nitrogens is 2. The lowest BCUT2D eigenvalue weighted by molar-refractivity contribution is 0.327. The first-order valence-corrected chi connectivity index (χ1v) is 7.46. The summed E-state index contributed by atoms with van der Waals surface area (Å²) in [5, 5.41) is 4.32. The van der Waals surface area contributed by atoms with Crippen LogP contribution < -0.4 is 5.73 Å². The van der Waals surface area contributed by atoms with E-state index in [4.69, 9.17) is 21.9 Å². The van der Waals surface area contributed by atoms with Crippen molar-refractivity contribution in [2.24, 2.45) is 5.73 Å². The minimum Gasteiger partial charge on any atom is -0.339 e. The van der Waals surface area contributed by atoms with Crippen molar-refractivity contribution < 1.29 is 8.91 Å². The number of benzene rings is 1. The van der Waals surface area contributed by atoms with Gasteiger partial charge in [0, 0.05) is 23.4 Å². The minimum absolute atomic E-state index is 0.211. The second-order valence-electron chi connectivity index (χ2n) is 5.76. The fourth-order valence-corrected chi connectivity index (χ4v) is 3.06. The average molecular weight is 310 g/mol. The molecule has 3 rings (SSSR count). The first kappa shape index (κ1) is 14.5. The maximum absolute atomic E-state index is 13.0. The standard InChI is InChI=1S/C15H17ClFN3O/c16-12-8-11(17)4-3-10(12)7-13-19-14(21-20-13)9-15(18)5-1-2-6-15/h3-4,8H,1-2,5-7,9,18H2. The van der Waals surface area contributed by atoms with Gasteiger partial charge >= 0.3 is 0 Å². The molecule has 112 valence electrons. The molecule has 0 radical (unpaired) electrons. The van der Waals surface area contributed by atoms with Crippen LogP contribution >= 0.6 is 11.6 Å². The van der Waals surface area contributed by atoms with Crippen LogP contribution in [0.15, 0.2) is 22.7 Å². The van der Waals surface area contributed by atoms with E-state index in [1.807, 2.05) is 0 Å². The van der Waals surface area contributed by atoms with E-state index in [1.54, 1.807) is 6.07 Å². The zero-order chi connectivity index (χ0) is 14.9. The number of halogens is 2. The Bertz CT molecular complexity index is 638. The van der Waals surface area contributed by atoms with Gasteiger partial charge in [-0.3, -0.25) is 0 Å². The van der Waals surface area contributed by atoms with Crippen molar-refractivity contribution in [3.63, 3.8) is 0 Å². The van der Waals surface area contributed by atoms with Crippen LogP contribution in [0.1, 0.15) is 43.0 Å². The fraction of sp³-hybridized carbons (Fsp3) is 0.467. The molecule has 0 bridgehead atoms. The summed E-state index contributed by atoms with van der Waals surface area (Å²) in [5.41, 5.74) is 6.86. The third-order valence-electron chi connectivity index (χ3n) is 3.98. The molecule has 4 nitrogen and oxygen atoms in total. The topological polar surface area (TPSA) is 64.9 Å². The van der Waals surface area contributed by atoms with Crippen molar-refractivity contribution in [3.8, 4) is 0 Å². The Morgan fingerprint density at radius 2 is 2.10 bits per heavy atom. The Hall–Kier alpha value is -1.46. The molecule has 0 atom stereocenters. The van der Waals surface area contributed by atoms with Crippen LogP contribution in [0.25, 0.3) is 0 Å². The molecule has 2 aromatic rings. The SMILES string of the molecule is NC1(Cc2nc(Cc3ccc(F)cc3Cl)no2)CCCC1. The van der Waals surface area contributed by atoms with Crippen LogP contribution in [0.3, 0.4) is 0 Å². The molecule has 1 fully saturated rings. The van der Waals surface area contributed by atoms with Crippen LogP contribution in [0.2, 0.25) is 5.02 Å². The zero-order valence-electron chi connectivity index (χ0n) is 11.6. The highest BCUT2D eigenvalue weighted by molar-refractivity contribution is 6.31. The van der Waals surface area contributed by atoms with Gasteiger partial charge < -0.3 is 10.3 Å². The Labute approximate surface area is 127 Å². The van der Waals surface area contributed by atoms with Crippen LogP contribution in [-0.2, 0) is 12.8 Å². The van der Waals surface area contributed by atoms with Crippen molar-refractivity contribution in [2.75, 3.05) is 0 Å². The second kappa shape index (κ2) is 5.73. The van der Waals surface area contributed by atoms with Crippen molar-refractivity contribution in [3.05, 3.63) is 46.3 Å². The van der Waals surface area contributed by atoms with E-state index in [2.05, 4.69) is 10.1 Å². The van der Waals surface area contributed by atoms with Gasteiger partial charge in [0.05, 0.1) is 0 Å². The summed E-state index contributed by atoms with van der Waals surface area (Å²) in [6.45, 7) is 0. The van der Waals surface area contributed by atoms with Crippen LogP contribution in [0.5, 0.6) is 0 Å². The number of rotatable bonds is 4. The highest BCUT2D eigenvalue weighted by Crippen LogP contribution is 2.30. The lowest BCUT2D eigenvalue weighted by atomic mass is 9.95. The molecule has 1 aliphatic rings. The first-order chi connectivity index (χ1) is 10.0. The van der Waals surface area contributed by atoms with Gasteiger partial charge in [0.2, 0.25) is 5.89 Å². The number of hydrogen-bond acceptors (Lipinski definition) is 4. The van der Waals surface area contributed by atoms with E-state index in [0.717, 1.165) is 31.2 Å². The molecular weight excluding hydrogens is 293 g/mol. The summed E-state index contributed by atoms with van der Waals surface area (Å²) >= 11 is 6.00. The van der Waals surface area contributed by atoms with Crippen molar-refractivity contribution in [1.29, 1.82) is 0 Å². The third-order valence-corrected chi connectivity index (χ3v) is 4.33. The van der Waals surface area contributed by atoms with Gasteiger partial charge in [0.1, 0.15) is 5.82 Å². The second-order valence-corrected chi connectivity index (χ2v) is 6.17. The minimum atomic E-state index is -0.358. The summed E-state index contributed by atoms with van der Waals surface area (Å²) in [4.78, 5) is 4.37. The first-order valence-electron chi connectivity index (χ1n) is 7.08. The normalized spacial score (nSPS) is 17.3. The van der Waals surface area contributed by atoms with Gasteiger partial charge in [0.25, 0.3) is 0 Å². The summed E-state index contributed by atoms with van der Waals surface area (Å²) in [6, 6.07) is 4.29. The number of nitrogens with two attached hydrogens (primary N) is 1. The van der Waals surface area contributed by atoms with Gasteiger partial charge in [-0.1, -0.05) is 35.7 Å². The highest BCUT2D eigenvalue weighted by Gasteiger charge is 2.31. The average Bonchev–Trinajstić information content (AvgIpc) is 3.03. The molecule has 0 spiro atoms. The van der Waals surface area contributed by atoms with E-state index in [-0.39, 0.29) is 11.4 Å². The van der Waals surface area contributed by atoms with Crippen molar-refractivity contribution in [1.82, 2.24) is 10.1 Å². The van der Waals surface area contributed by atoms with Gasteiger partial charge in [-0.05, 0) is 30.5 Å². The predicted octanol–water partition coefficient (Wildman–Crippen LogP) is 3.27. The van der Waals surface area contributed by atoms with Crippen molar-refractivity contribution >= 4 is 11.6 Å². The van der Waals surface area contributed by atoms with E-state index >= 15 is 0 Å². The summed E-state index contributed by atoms with van der Waals surface area (Å²) < 4.78 is 18.3. The van der Waals surface area contributed by atoms with E-state index in [9.17, 15) is 4.39 Å². The lowest BCUT2D eigenvalue weighted by Crippen LogP contribution is -2.38. The molecule has 0 aliphatic heterocycles. The smallest absolute Gasteiger partial charge is 0.228 e. The van der Waals surface area contributed by atoms with E-state index < -0.39 is 0 Å². The zero-order valence-corrected chi connectivity index (χ0v) is 12.4. The van der Waals surface area contributed by atoms with Crippen LogP contribution in [0, 0.1) is 5.82 Å². The van der Waals surface area contributed by atoms with Gasteiger partial charge in [0.15, 0.2) is 5.82 Å². The van der Waals surface area contributed by atoms with Gasteiger partial charge in [-0.15, -0.1) is 0 Å². The Kier molecular flexibility index (Phi) is 3.95. The molecule has 1 saturated carbocycles. The molecule has 1 aromatic heterocycles. The predicted molar refractivity (Wildman–Crippen MR) is 77.6 cm³/mol. The highest BCUT2D eigenvalue weighted by atomic mass is 35.5. The third kappa shape index (κ3) is 3.41. The van der Waals surface area contributed by atoms with E-state index in [0.29, 0.717) is 29.6 Å². The van der Waals surface area contributed by atoms with E-state index in [1.165, 1.54) is 12.1 Å². The van der Waals surface area contributed by atoms with Crippen LogP contribution in [0.4, 0.5) is 4.39 Å². The molecule has 0 saturated heterocycles. The Balaban J connectivity index is 1.70. The molecule has 6 heteroatoms. The monoisotopic (exact) mass is 309 g/mol. The summed E-state index contributed by atoms with van der Waals surface area (Å²) in [6.07, 6.45) is 5.33. The Morgan fingerprint density at radius 3 is 2.81 bits per heavy atom. The number of hydrogen-bond donors (Lipinski definition) is 1. The molecule has 1 heterocycles. The fourth-order valence-electron chi connectivity index (χ4n) is 2.83. The van der Waals surface area contributed by atoms with Crippen molar-refractivity contribution in [2.45, 2.75) is 44.1 Å².